The Morgan fingerprint density at radius 1 is 0.955 bits per heavy atom. The van der Waals surface area contributed by atoms with Gasteiger partial charge in [-0.25, -0.2) is 4.79 Å². The number of hydrogen-bond donors (Lipinski definition) is 2. The lowest BCUT2D eigenvalue weighted by atomic mass is 10.1. The second-order valence-electron chi connectivity index (χ2n) is 4.84. The van der Waals surface area contributed by atoms with Crippen LogP contribution in [0.3, 0.4) is 0 Å². The molecule has 0 aliphatic heterocycles. The molecule has 22 heavy (non-hydrogen) atoms. The third-order valence-electron chi connectivity index (χ3n) is 3.11. The van der Waals surface area contributed by atoms with Crippen molar-refractivity contribution in [1.82, 2.24) is 10.6 Å². The highest BCUT2D eigenvalue weighted by atomic mass is 16.2. The van der Waals surface area contributed by atoms with E-state index in [2.05, 4.69) is 10.6 Å². The average Bonchev–Trinajstić information content (AvgIpc) is 2.54. The molecule has 112 valence electrons. The number of benzene rings is 2. The summed E-state index contributed by atoms with van der Waals surface area (Å²) in [4.78, 5) is 23.5. The van der Waals surface area contributed by atoms with Crippen molar-refractivity contribution in [3.63, 3.8) is 0 Å². The summed E-state index contributed by atoms with van der Waals surface area (Å²) in [5.41, 5.74) is 1.88. The number of hydrogen-bond acceptors (Lipinski definition) is 2. The van der Waals surface area contributed by atoms with Gasteiger partial charge in [0.15, 0.2) is 0 Å². The molecule has 0 unspecified atom stereocenters. The van der Waals surface area contributed by atoms with Gasteiger partial charge >= 0.3 is 6.03 Å². The van der Waals surface area contributed by atoms with Crippen LogP contribution in [0.25, 0.3) is 6.08 Å². The summed E-state index contributed by atoms with van der Waals surface area (Å²) < 4.78 is 0. The summed E-state index contributed by atoms with van der Waals surface area (Å²) in [5, 5.41) is 5.00. The van der Waals surface area contributed by atoms with Crippen LogP contribution in [0, 0.1) is 0 Å². The Labute approximate surface area is 129 Å². The fraction of sp³-hybridized carbons (Fsp3) is 0.111. The summed E-state index contributed by atoms with van der Waals surface area (Å²) >= 11 is 0. The molecule has 3 amide bonds. The second-order valence-corrected chi connectivity index (χ2v) is 4.84. The van der Waals surface area contributed by atoms with Gasteiger partial charge < -0.3 is 5.32 Å². The van der Waals surface area contributed by atoms with Crippen molar-refractivity contribution in [2.75, 3.05) is 0 Å². The molecule has 2 rings (SSSR count). The Hall–Kier alpha value is -2.88. The van der Waals surface area contributed by atoms with E-state index in [0.29, 0.717) is 0 Å². The molecule has 2 N–H and O–H groups in total. The molecule has 0 heterocycles. The minimum Gasteiger partial charge on any atom is -0.331 e. The lowest BCUT2D eigenvalue weighted by Gasteiger charge is -2.13. The van der Waals surface area contributed by atoms with Gasteiger partial charge in [-0.3, -0.25) is 10.1 Å². The third kappa shape index (κ3) is 4.90. The molecule has 1 atom stereocenters. The van der Waals surface area contributed by atoms with E-state index in [4.69, 9.17) is 0 Å². The Kier molecular flexibility index (Phi) is 5.49. The number of carbonyl (C=O) groups excluding carboxylic acids is 2. The van der Waals surface area contributed by atoms with Crippen molar-refractivity contribution in [2.45, 2.75) is 13.0 Å². The Morgan fingerprint density at radius 2 is 1.55 bits per heavy atom. The van der Waals surface area contributed by atoms with E-state index >= 15 is 0 Å². The predicted octanol–water partition coefficient (Wildman–Crippen LogP) is 3.29. The molecular formula is C18H18N2O2. The van der Waals surface area contributed by atoms with E-state index in [1.165, 1.54) is 6.08 Å². The van der Waals surface area contributed by atoms with Crippen LogP contribution < -0.4 is 10.6 Å². The summed E-state index contributed by atoms with van der Waals surface area (Å²) in [7, 11) is 0. The minimum atomic E-state index is -0.515. The fourth-order valence-corrected chi connectivity index (χ4v) is 1.95. The zero-order valence-electron chi connectivity index (χ0n) is 12.3. The highest BCUT2D eigenvalue weighted by molar-refractivity contribution is 6.02. The van der Waals surface area contributed by atoms with Crippen molar-refractivity contribution in [3.05, 3.63) is 77.9 Å². The van der Waals surface area contributed by atoms with Gasteiger partial charge in [0.1, 0.15) is 0 Å². The summed E-state index contributed by atoms with van der Waals surface area (Å²) in [6, 6.07) is 18.3. The first-order valence-corrected chi connectivity index (χ1v) is 7.04. The summed E-state index contributed by atoms with van der Waals surface area (Å²) in [6.45, 7) is 1.86. The second kappa shape index (κ2) is 7.78. The SMILES string of the molecule is C[C@@H](NC(=O)NC(=O)C=Cc1ccccc1)c1ccccc1. The largest absolute Gasteiger partial charge is 0.331 e. The fourth-order valence-electron chi connectivity index (χ4n) is 1.95. The van der Waals surface area contributed by atoms with E-state index < -0.39 is 11.9 Å². The number of imide groups is 1. The molecule has 0 fully saturated rings. The lowest BCUT2D eigenvalue weighted by molar-refractivity contribution is -0.115. The standard InChI is InChI=1S/C18H18N2O2/c1-14(16-10-6-3-7-11-16)19-18(22)20-17(21)13-12-15-8-4-2-5-9-15/h2-14H,1H3,(H2,19,20,21,22)/t14-/m1/s1. The Morgan fingerprint density at radius 3 is 2.18 bits per heavy atom. The smallest absolute Gasteiger partial charge is 0.322 e. The quantitative estimate of drug-likeness (QED) is 0.850. The van der Waals surface area contributed by atoms with Crippen LogP contribution in [-0.2, 0) is 4.79 Å². The van der Waals surface area contributed by atoms with E-state index in [1.807, 2.05) is 67.6 Å². The van der Waals surface area contributed by atoms with Crippen molar-refractivity contribution >= 4 is 18.0 Å². The van der Waals surface area contributed by atoms with Crippen LogP contribution in [-0.4, -0.2) is 11.9 Å². The van der Waals surface area contributed by atoms with Crippen LogP contribution >= 0.6 is 0 Å². The number of amides is 3. The first kappa shape index (κ1) is 15.5. The number of urea groups is 1. The first-order valence-electron chi connectivity index (χ1n) is 7.04. The average molecular weight is 294 g/mol. The van der Waals surface area contributed by atoms with Crippen LogP contribution in [0.2, 0.25) is 0 Å². The molecule has 0 bridgehead atoms. The van der Waals surface area contributed by atoms with Gasteiger partial charge in [0.05, 0.1) is 6.04 Å². The Bertz CT molecular complexity index is 651. The molecule has 0 saturated heterocycles. The van der Waals surface area contributed by atoms with Gasteiger partial charge in [-0.2, -0.15) is 0 Å². The molecule has 4 heteroatoms. The molecule has 4 nitrogen and oxygen atoms in total. The van der Waals surface area contributed by atoms with Crippen LogP contribution in [0.1, 0.15) is 24.1 Å². The number of rotatable bonds is 4. The van der Waals surface area contributed by atoms with Crippen LogP contribution in [0.15, 0.2) is 66.7 Å². The molecular weight excluding hydrogens is 276 g/mol. The lowest BCUT2D eigenvalue weighted by Crippen LogP contribution is -2.39. The highest BCUT2D eigenvalue weighted by Gasteiger charge is 2.10. The van der Waals surface area contributed by atoms with Gasteiger partial charge in [0.25, 0.3) is 5.91 Å². The molecule has 0 saturated carbocycles. The highest BCUT2D eigenvalue weighted by Crippen LogP contribution is 2.10. The molecule has 2 aromatic rings. The maximum absolute atomic E-state index is 11.8. The van der Waals surface area contributed by atoms with Gasteiger partial charge in [0, 0.05) is 6.08 Å². The van der Waals surface area contributed by atoms with Crippen molar-refractivity contribution in [1.29, 1.82) is 0 Å². The molecule has 0 radical (unpaired) electrons. The first-order chi connectivity index (χ1) is 10.6. The molecule has 0 aromatic heterocycles. The van der Waals surface area contributed by atoms with E-state index in [1.54, 1.807) is 6.08 Å². The van der Waals surface area contributed by atoms with E-state index in [0.717, 1.165) is 11.1 Å². The Balaban J connectivity index is 1.84. The number of carbonyl (C=O) groups is 2. The third-order valence-corrected chi connectivity index (χ3v) is 3.11. The van der Waals surface area contributed by atoms with E-state index in [-0.39, 0.29) is 6.04 Å². The summed E-state index contributed by atoms with van der Waals surface area (Å²) in [5.74, 6) is -0.457. The maximum Gasteiger partial charge on any atom is 0.322 e. The predicted molar refractivity (Wildman–Crippen MR) is 87.0 cm³/mol. The van der Waals surface area contributed by atoms with Crippen LogP contribution in [0.4, 0.5) is 4.79 Å². The van der Waals surface area contributed by atoms with E-state index in [9.17, 15) is 9.59 Å². The maximum atomic E-state index is 11.8. The van der Waals surface area contributed by atoms with Gasteiger partial charge in [-0.1, -0.05) is 60.7 Å². The van der Waals surface area contributed by atoms with Crippen molar-refractivity contribution in [3.8, 4) is 0 Å². The van der Waals surface area contributed by atoms with Gasteiger partial charge in [-0.05, 0) is 24.1 Å². The van der Waals surface area contributed by atoms with Crippen molar-refractivity contribution < 1.29 is 9.59 Å². The zero-order chi connectivity index (χ0) is 15.8. The minimum absolute atomic E-state index is 0.174. The molecule has 0 aliphatic rings. The van der Waals surface area contributed by atoms with Crippen LogP contribution in [0.5, 0.6) is 0 Å². The molecule has 2 aromatic carbocycles. The summed E-state index contributed by atoms with van der Waals surface area (Å²) in [6.07, 6.45) is 2.99. The monoisotopic (exact) mass is 294 g/mol. The molecule has 0 aliphatic carbocycles. The van der Waals surface area contributed by atoms with Crippen molar-refractivity contribution in [2.24, 2.45) is 0 Å². The normalized spacial score (nSPS) is 11.9. The molecule has 0 spiro atoms. The zero-order valence-corrected chi connectivity index (χ0v) is 12.3. The van der Waals surface area contributed by atoms with Gasteiger partial charge in [0.2, 0.25) is 0 Å². The topological polar surface area (TPSA) is 58.2 Å². The van der Waals surface area contributed by atoms with Gasteiger partial charge in [-0.15, -0.1) is 0 Å². The number of nitrogens with one attached hydrogen (secondary N) is 2.